The molecule has 0 saturated heterocycles. The van der Waals surface area contributed by atoms with Crippen LogP contribution in [0.5, 0.6) is 11.5 Å². The number of hydrogen-bond donors (Lipinski definition) is 1. The molecule has 1 N–H and O–H groups in total. The van der Waals surface area contributed by atoms with Gasteiger partial charge in [-0.15, -0.1) is 0 Å². The average Bonchev–Trinajstić information content (AvgIpc) is 3.00. The third kappa shape index (κ3) is 5.26. The Hall–Kier alpha value is -3.06. The van der Waals surface area contributed by atoms with Crippen LogP contribution in [0.3, 0.4) is 0 Å². The number of carbonyl (C=O) groups excluding carboxylic acids is 1. The van der Waals surface area contributed by atoms with Gasteiger partial charge in [-0.05, 0) is 48.9 Å². The van der Waals surface area contributed by atoms with E-state index in [0.717, 1.165) is 11.3 Å². The van der Waals surface area contributed by atoms with Gasteiger partial charge in [0.05, 0.1) is 31.5 Å². The second-order valence-corrected chi connectivity index (χ2v) is 6.67. The van der Waals surface area contributed by atoms with Crippen LogP contribution in [0.1, 0.15) is 21.6 Å². The molecule has 0 aliphatic rings. The maximum Gasteiger partial charge on any atom is 0.256 e. The van der Waals surface area contributed by atoms with Crippen LogP contribution < -0.4 is 14.8 Å². The van der Waals surface area contributed by atoms with Crippen molar-refractivity contribution in [1.82, 2.24) is 15.1 Å². The molecule has 0 aliphatic carbocycles. The van der Waals surface area contributed by atoms with E-state index in [4.69, 9.17) is 21.1 Å². The third-order valence-electron chi connectivity index (χ3n) is 4.25. The van der Waals surface area contributed by atoms with E-state index in [1.807, 2.05) is 0 Å². The summed E-state index contributed by atoms with van der Waals surface area (Å²) in [6.45, 7) is 2.67. The van der Waals surface area contributed by atoms with Crippen LogP contribution in [0, 0.1) is 12.7 Å². The summed E-state index contributed by atoms with van der Waals surface area (Å²) in [4.78, 5) is 12.5. The van der Waals surface area contributed by atoms with E-state index in [0.29, 0.717) is 36.7 Å². The fraction of sp³-hybridized carbons (Fsp3) is 0.238. The van der Waals surface area contributed by atoms with Crippen LogP contribution in [0.4, 0.5) is 4.39 Å². The number of aromatic nitrogens is 2. The van der Waals surface area contributed by atoms with Crippen LogP contribution in [0.2, 0.25) is 5.15 Å². The molecule has 2 aromatic carbocycles. The molecule has 8 heteroatoms. The number of nitrogens with zero attached hydrogens (tertiary/aromatic N) is 2. The predicted molar refractivity (Wildman–Crippen MR) is 108 cm³/mol. The molecule has 1 heterocycles. The van der Waals surface area contributed by atoms with Crippen molar-refractivity contribution in [3.63, 3.8) is 0 Å². The Kier molecular flexibility index (Phi) is 6.72. The highest BCUT2D eigenvalue weighted by Gasteiger charge is 2.20. The average molecular weight is 418 g/mol. The lowest BCUT2D eigenvalue weighted by molar-refractivity contribution is 0.0946. The number of benzene rings is 2. The highest BCUT2D eigenvalue weighted by Crippen LogP contribution is 2.21. The lowest BCUT2D eigenvalue weighted by atomic mass is 10.2. The molecule has 0 aliphatic heterocycles. The van der Waals surface area contributed by atoms with E-state index in [2.05, 4.69) is 10.4 Å². The van der Waals surface area contributed by atoms with Gasteiger partial charge in [0.1, 0.15) is 29.1 Å². The molecular formula is C21H21ClFN3O3. The highest BCUT2D eigenvalue weighted by atomic mass is 35.5. The van der Waals surface area contributed by atoms with Crippen molar-refractivity contribution in [3.8, 4) is 11.5 Å². The van der Waals surface area contributed by atoms with E-state index in [1.165, 1.54) is 16.8 Å². The number of amides is 1. The Bertz CT molecular complexity index is 972. The largest absolute Gasteiger partial charge is 0.497 e. The summed E-state index contributed by atoms with van der Waals surface area (Å²) in [6, 6.07) is 13.2. The normalized spacial score (nSPS) is 10.6. The van der Waals surface area contributed by atoms with Crippen LogP contribution >= 0.6 is 11.6 Å². The second kappa shape index (κ2) is 9.43. The fourth-order valence-corrected chi connectivity index (χ4v) is 3.09. The van der Waals surface area contributed by atoms with Crippen LogP contribution in [0.15, 0.2) is 48.5 Å². The fourth-order valence-electron chi connectivity index (χ4n) is 2.77. The van der Waals surface area contributed by atoms with Crippen molar-refractivity contribution in [2.45, 2.75) is 13.5 Å². The summed E-state index contributed by atoms with van der Waals surface area (Å²) in [6.07, 6.45) is 0. The molecule has 0 fully saturated rings. The minimum Gasteiger partial charge on any atom is -0.497 e. The molecule has 29 heavy (non-hydrogen) atoms. The Labute approximate surface area is 173 Å². The lowest BCUT2D eigenvalue weighted by Gasteiger charge is -2.08. The second-order valence-electron chi connectivity index (χ2n) is 6.32. The Morgan fingerprint density at radius 2 is 1.79 bits per heavy atom. The molecule has 3 aromatic rings. The molecule has 1 amide bonds. The number of halogens is 2. The molecule has 3 rings (SSSR count). The topological polar surface area (TPSA) is 65.4 Å². The summed E-state index contributed by atoms with van der Waals surface area (Å²) < 4.78 is 25.3. The van der Waals surface area contributed by atoms with Gasteiger partial charge in [0.2, 0.25) is 0 Å². The first-order chi connectivity index (χ1) is 14.0. The van der Waals surface area contributed by atoms with E-state index in [1.54, 1.807) is 50.4 Å². The molecular weight excluding hydrogens is 397 g/mol. The minimum atomic E-state index is -0.323. The van der Waals surface area contributed by atoms with Gasteiger partial charge in [-0.25, -0.2) is 9.07 Å². The first-order valence-electron chi connectivity index (χ1n) is 9.00. The summed E-state index contributed by atoms with van der Waals surface area (Å²) in [5, 5.41) is 7.35. The number of methoxy groups -OCH3 is 1. The highest BCUT2D eigenvalue weighted by molar-refractivity contribution is 6.33. The maximum atomic E-state index is 13.1. The van der Waals surface area contributed by atoms with Gasteiger partial charge >= 0.3 is 0 Å². The van der Waals surface area contributed by atoms with Gasteiger partial charge in [-0.3, -0.25) is 4.79 Å². The number of carbonyl (C=O) groups is 1. The van der Waals surface area contributed by atoms with Crippen LogP contribution in [0.25, 0.3) is 0 Å². The number of aryl methyl sites for hydroxylation is 1. The summed E-state index contributed by atoms with van der Waals surface area (Å²) in [5.41, 5.74) is 1.67. The molecule has 0 radical (unpaired) electrons. The zero-order valence-electron chi connectivity index (χ0n) is 16.1. The van der Waals surface area contributed by atoms with Gasteiger partial charge in [0.15, 0.2) is 0 Å². The van der Waals surface area contributed by atoms with Gasteiger partial charge < -0.3 is 14.8 Å². The van der Waals surface area contributed by atoms with Gasteiger partial charge in [0.25, 0.3) is 5.91 Å². The summed E-state index contributed by atoms with van der Waals surface area (Å²) >= 11 is 6.37. The Morgan fingerprint density at radius 3 is 2.45 bits per heavy atom. The monoisotopic (exact) mass is 417 g/mol. The molecule has 0 unspecified atom stereocenters. The Balaban J connectivity index is 1.56. The number of ether oxygens (including phenoxy) is 2. The van der Waals surface area contributed by atoms with E-state index >= 15 is 0 Å². The minimum absolute atomic E-state index is 0.236. The first kappa shape index (κ1) is 20.7. The predicted octanol–water partition coefficient (Wildman–Crippen LogP) is 3.85. The van der Waals surface area contributed by atoms with Crippen molar-refractivity contribution in [1.29, 1.82) is 0 Å². The number of hydrogen-bond acceptors (Lipinski definition) is 4. The standard InChI is InChI=1S/C21H21ClFN3O3/c1-14-19(20(22)26(25-14)13-15-3-5-16(23)6-4-15)21(27)24-11-12-29-18-9-7-17(28-2)8-10-18/h3-10H,11-13H2,1-2H3,(H,24,27). The van der Waals surface area contributed by atoms with Crippen molar-refractivity contribution in [2.75, 3.05) is 20.3 Å². The number of nitrogens with one attached hydrogen (secondary N) is 1. The zero-order valence-corrected chi connectivity index (χ0v) is 16.9. The zero-order chi connectivity index (χ0) is 20.8. The molecule has 0 atom stereocenters. The molecule has 0 spiro atoms. The van der Waals surface area contributed by atoms with E-state index < -0.39 is 0 Å². The molecule has 1 aromatic heterocycles. The summed E-state index contributed by atoms with van der Waals surface area (Å²) in [5.74, 6) is 0.791. The molecule has 152 valence electrons. The number of rotatable bonds is 8. The van der Waals surface area contributed by atoms with Gasteiger partial charge in [-0.1, -0.05) is 23.7 Å². The first-order valence-corrected chi connectivity index (χ1v) is 9.38. The van der Waals surface area contributed by atoms with E-state index in [9.17, 15) is 9.18 Å². The smallest absolute Gasteiger partial charge is 0.256 e. The van der Waals surface area contributed by atoms with Gasteiger partial charge in [0, 0.05) is 0 Å². The lowest BCUT2D eigenvalue weighted by Crippen LogP contribution is -2.28. The van der Waals surface area contributed by atoms with Crippen LogP contribution in [-0.4, -0.2) is 35.9 Å². The molecule has 6 nitrogen and oxygen atoms in total. The SMILES string of the molecule is COc1ccc(OCCNC(=O)c2c(C)nn(Cc3ccc(F)cc3)c2Cl)cc1. The molecule has 0 bridgehead atoms. The van der Waals surface area contributed by atoms with Crippen molar-refractivity contribution >= 4 is 17.5 Å². The molecule has 0 saturated carbocycles. The van der Waals surface area contributed by atoms with Crippen molar-refractivity contribution in [2.24, 2.45) is 0 Å². The quantitative estimate of drug-likeness (QED) is 0.565. The van der Waals surface area contributed by atoms with Crippen LogP contribution in [-0.2, 0) is 6.54 Å². The van der Waals surface area contributed by atoms with Crippen molar-refractivity contribution < 1.29 is 18.7 Å². The summed E-state index contributed by atoms with van der Waals surface area (Å²) in [7, 11) is 1.60. The van der Waals surface area contributed by atoms with Crippen molar-refractivity contribution in [3.05, 3.63) is 76.3 Å². The third-order valence-corrected chi connectivity index (χ3v) is 4.64. The van der Waals surface area contributed by atoms with E-state index in [-0.39, 0.29) is 16.9 Å². The Morgan fingerprint density at radius 1 is 1.14 bits per heavy atom. The van der Waals surface area contributed by atoms with Gasteiger partial charge in [-0.2, -0.15) is 5.10 Å². The maximum absolute atomic E-state index is 13.1.